The van der Waals surface area contributed by atoms with E-state index in [1.807, 2.05) is 0 Å². The van der Waals surface area contributed by atoms with Gasteiger partial charge in [0.15, 0.2) is 0 Å². The summed E-state index contributed by atoms with van der Waals surface area (Å²) in [7, 11) is -3.72. The normalized spacial score (nSPS) is 25.7. The van der Waals surface area contributed by atoms with Gasteiger partial charge in [0, 0.05) is 24.7 Å². The smallest absolute Gasteiger partial charge is 0.251 e. The molecule has 0 radical (unpaired) electrons. The van der Waals surface area contributed by atoms with Crippen LogP contribution in [0.5, 0.6) is 0 Å². The van der Waals surface area contributed by atoms with E-state index in [0.29, 0.717) is 30.5 Å². The molecule has 5 nitrogen and oxygen atoms in total. The third kappa shape index (κ3) is 4.03. The fourth-order valence-electron chi connectivity index (χ4n) is 4.85. The maximum absolute atomic E-state index is 12.8. The lowest BCUT2D eigenvalue weighted by atomic mass is 9.84. The SMILES string of the molecule is CCN(CC)S(=O)(=O)c1cc(C(=O)N[C@H](C)[C@@H]2C[C@H]3CC[C@H]2C3)ccc1Cl. The van der Waals surface area contributed by atoms with Gasteiger partial charge >= 0.3 is 0 Å². The molecular weight excluding hydrogens is 384 g/mol. The van der Waals surface area contributed by atoms with Crippen LogP contribution in [0.25, 0.3) is 0 Å². The van der Waals surface area contributed by atoms with E-state index in [1.54, 1.807) is 19.9 Å². The monoisotopic (exact) mass is 412 g/mol. The van der Waals surface area contributed by atoms with Crippen molar-refractivity contribution in [2.45, 2.75) is 57.4 Å². The van der Waals surface area contributed by atoms with Crippen LogP contribution in [0.1, 0.15) is 56.8 Å². The Morgan fingerprint density at radius 1 is 1.26 bits per heavy atom. The van der Waals surface area contributed by atoms with Gasteiger partial charge < -0.3 is 5.32 Å². The Hall–Kier alpha value is -1.11. The lowest BCUT2D eigenvalue weighted by Gasteiger charge is -2.28. The van der Waals surface area contributed by atoms with E-state index in [9.17, 15) is 13.2 Å². The molecule has 1 amide bonds. The fraction of sp³-hybridized carbons (Fsp3) is 0.650. The van der Waals surface area contributed by atoms with Gasteiger partial charge in [0.25, 0.3) is 5.91 Å². The van der Waals surface area contributed by atoms with E-state index in [2.05, 4.69) is 12.2 Å². The average molecular weight is 413 g/mol. The van der Waals surface area contributed by atoms with Gasteiger partial charge in [-0.05, 0) is 62.1 Å². The minimum atomic E-state index is -3.72. The van der Waals surface area contributed by atoms with Crippen molar-refractivity contribution in [2.75, 3.05) is 13.1 Å². The predicted octanol–water partition coefficient (Wildman–Crippen LogP) is 3.93. The summed E-state index contributed by atoms with van der Waals surface area (Å²) in [5.74, 6) is 1.83. The van der Waals surface area contributed by atoms with Crippen LogP contribution in [-0.2, 0) is 10.0 Å². The number of benzene rings is 1. The van der Waals surface area contributed by atoms with Crippen LogP contribution >= 0.6 is 11.6 Å². The lowest BCUT2D eigenvalue weighted by Crippen LogP contribution is -2.40. The number of sulfonamides is 1. The van der Waals surface area contributed by atoms with Crippen molar-refractivity contribution in [1.29, 1.82) is 0 Å². The number of carbonyl (C=O) groups excluding carboxylic acids is 1. The van der Waals surface area contributed by atoms with E-state index in [1.165, 1.54) is 42.1 Å². The first-order chi connectivity index (χ1) is 12.8. The molecule has 2 aliphatic rings. The van der Waals surface area contributed by atoms with Gasteiger partial charge in [0.05, 0.1) is 5.02 Å². The lowest BCUT2D eigenvalue weighted by molar-refractivity contribution is 0.0915. The second-order valence-corrected chi connectivity index (χ2v) is 10.1. The number of hydrogen-bond acceptors (Lipinski definition) is 3. The molecule has 0 aliphatic heterocycles. The molecule has 150 valence electrons. The molecule has 27 heavy (non-hydrogen) atoms. The van der Waals surface area contributed by atoms with Crippen molar-refractivity contribution in [2.24, 2.45) is 17.8 Å². The van der Waals surface area contributed by atoms with E-state index < -0.39 is 10.0 Å². The third-order valence-corrected chi connectivity index (χ3v) is 8.84. The summed E-state index contributed by atoms with van der Waals surface area (Å²) in [5, 5.41) is 3.23. The highest BCUT2D eigenvalue weighted by Crippen LogP contribution is 2.49. The zero-order valence-corrected chi connectivity index (χ0v) is 17.8. The number of halogens is 1. The number of rotatable bonds is 7. The molecule has 2 saturated carbocycles. The number of carbonyl (C=O) groups is 1. The van der Waals surface area contributed by atoms with Gasteiger partial charge in [-0.3, -0.25) is 4.79 Å². The minimum absolute atomic E-state index is 0.00640. The van der Waals surface area contributed by atoms with Crippen LogP contribution in [0.4, 0.5) is 0 Å². The first-order valence-corrected chi connectivity index (χ1v) is 11.7. The zero-order chi connectivity index (χ0) is 19.8. The summed E-state index contributed by atoms with van der Waals surface area (Å²) >= 11 is 6.16. The molecule has 1 aromatic rings. The van der Waals surface area contributed by atoms with Crippen LogP contribution in [-0.4, -0.2) is 37.8 Å². The third-order valence-electron chi connectivity index (χ3n) is 6.31. The first-order valence-electron chi connectivity index (χ1n) is 9.88. The van der Waals surface area contributed by atoms with Crippen LogP contribution in [0.3, 0.4) is 0 Å². The molecule has 1 aromatic carbocycles. The zero-order valence-electron chi connectivity index (χ0n) is 16.2. The molecule has 0 aromatic heterocycles. The molecule has 2 bridgehead atoms. The van der Waals surface area contributed by atoms with E-state index in [0.717, 1.165) is 5.92 Å². The van der Waals surface area contributed by atoms with Gasteiger partial charge in [-0.1, -0.05) is 31.9 Å². The highest BCUT2D eigenvalue weighted by atomic mass is 35.5. The molecule has 4 atom stereocenters. The molecule has 0 spiro atoms. The standard InChI is InChI=1S/C20H29ClN2O3S/c1-4-23(5-2)27(25,26)19-12-16(8-9-18(19)21)20(24)22-13(3)17-11-14-6-7-15(17)10-14/h8-9,12-15,17H,4-7,10-11H2,1-3H3,(H,22,24)/t13-,14+,15+,17+/m1/s1. The predicted molar refractivity (Wildman–Crippen MR) is 107 cm³/mol. The Balaban J connectivity index is 1.78. The van der Waals surface area contributed by atoms with Gasteiger partial charge in [-0.25, -0.2) is 8.42 Å². The molecular formula is C20H29ClN2O3S. The number of amides is 1. The van der Waals surface area contributed by atoms with Crippen LogP contribution < -0.4 is 5.32 Å². The Labute approximate surface area is 167 Å². The Morgan fingerprint density at radius 2 is 1.96 bits per heavy atom. The quantitative estimate of drug-likeness (QED) is 0.737. The molecule has 2 aliphatic carbocycles. The summed E-state index contributed by atoms with van der Waals surface area (Å²) in [6.07, 6.45) is 5.07. The summed E-state index contributed by atoms with van der Waals surface area (Å²) in [4.78, 5) is 12.7. The van der Waals surface area contributed by atoms with Gasteiger partial charge in [0.1, 0.15) is 4.90 Å². The van der Waals surface area contributed by atoms with E-state index in [4.69, 9.17) is 11.6 Å². The van der Waals surface area contributed by atoms with Crippen molar-refractivity contribution in [3.63, 3.8) is 0 Å². The molecule has 1 N–H and O–H groups in total. The second-order valence-electron chi connectivity index (χ2n) is 7.84. The highest BCUT2D eigenvalue weighted by molar-refractivity contribution is 7.89. The number of hydrogen-bond donors (Lipinski definition) is 1. The van der Waals surface area contributed by atoms with E-state index in [-0.39, 0.29) is 21.9 Å². The highest BCUT2D eigenvalue weighted by Gasteiger charge is 2.42. The second kappa shape index (κ2) is 8.10. The molecule has 2 fully saturated rings. The molecule has 0 heterocycles. The summed E-state index contributed by atoms with van der Waals surface area (Å²) < 4.78 is 27.0. The first kappa shape index (κ1) is 20.6. The summed E-state index contributed by atoms with van der Waals surface area (Å²) in [6.45, 7) is 6.33. The van der Waals surface area contributed by atoms with Crippen molar-refractivity contribution in [3.05, 3.63) is 28.8 Å². The van der Waals surface area contributed by atoms with Gasteiger partial charge in [0.2, 0.25) is 10.0 Å². The maximum atomic E-state index is 12.8. The summed E-state index contributed by atoms with van der Waals surface area (Å²) in [5.41, 5.74) is 0.333. The van der Waals surface area contributed by atoms with Crippen molar-refractivity contribution in [1.82, 2.24) is 9.62 Å². The van der Waals surface area contributed by atoms with Crippen molar-refractivity contribution < 1.29 is 13.2 Å². The summed E-state index contributed by atoms with van der Waals surface area (Å²) in [6, 6.07) is 4.58. The van der Waals surface area contributed by atoms with Gasteiger partial charge in [-0.15, -0.1) is 0 Å². The number of nitrogens with zero attached hydrogens (tertiary/aromatic N) is 1. The Morgan fingerprint density at radius 3 is 2.52 bits per heavy atom. The van der Waals surface area contributed by atoms with Crippen LogP contribution in [0, 0.1) is 17.8 Å². The van der Waals surface area contributed by atoms with Crippen molar-refractivity contribution >= 4 is 27.5 Å². The Kier molecular flexibility index (Phi) is 6.18. The molecule has 7 heteroatoms. The topological polar surface area (TPSA) is 66.5 Å². The number of fused-ring (bicyclic) bond motifs is 2. The van der Waals surface area contributed by atoms with Crippen molar-refractivity contribution in [3.8, 4) is 0 Å². The van der Waals surface area contributed by atoms with E-state index >= 15 is 0 Å². The molecule has 0 unspecified atom stereocenters. The molecule has 3 rings (SSSR count). The van der Waals surface area contributed by atoms with Crippen LogP contribution in [0.2, 0.25) is 5.02 Å². The fourth-order valence-corrected chi connectivity index (χ4v) is 6.81. The minimum Gasteiger partial charge on any atom is -0.349 e. The molecule has 0 saturated heterocycles. The number of nitrogens with one attached hydrogen (secondary N) is 1. The van der Waals surface area contributed by atoms with Crippen LogP contribution in [0.15, 0.2) is 23.1 Å². The average Bonchev–Trinajstić information content (AvgIpc) is 3.26. The Bertz CT molecular complexity index is 807. The maximum Gasteiger partial charge on any atom is 0.251 e. The van der Waals surface area contributed by atoms with Gasteiger partial charge in [-0.2, -0.15) is 4.31 Å². The largest absolute Gasteiger partial charge is 0.349 e.